The summed E-state index contributed by atoms with van der Waals surface area (Å²) in [5, 5.41) is 3.06. The molecule has 0 bridgehead atoms. The van der Waals surface area contributed by atoms with Gasteiger partial charge in [0.05, 0.1) is 24.8 Å². The summed E-state index contributed by atoms with van der Waals surface area (Å²) in [6, 6.07) is 0. The number of carbonyl (C=O) groups is 1. The Morgan fingerprint density at radius 1 is 1.65 bits per heavy atom. The molecule has 1 aliphatic rings. The average molecular weight is 298 g/mol. The third kappa shape index (κ3) is 4.45. The summed E-state index contributed by atoms with van der Waals surface area (Å²) in [5.41, 5.74) is 0.968. The Balaban J connectivity index is 1.89. The molecule has 1 aromatic rings. The number of aromatic nitrogens is 1. The van der Waals surface area contributed by atoms with E-state index in [1.807, 2.05) is 12.3 Å². The second kappa shape index (κ2) is 7.59. The van der Waals surface area contributed by atoms with E-state index in [-0.39, 0.29) is 12.1 Å². The fourth-order valence-electron chi connectivity index (χ4n) is 2.19. The average Bonchev–Trinajstić information content (AvgIpc) is 2.79. The highest BCUT2D eigenvalue weighted by Crippen LogP contribution is 2.23. The molecule has 2 rings (SSSR count). The lowest BCUT2D eigenvalue weighted by atomic mass is 10.2. The van der Waals surface area contributed by atoms with Crippen LogP contribution in [0.5, 0.6) is 0 Å². The molecule has 1 fully saturated rings. The topological polar surface area (TPSA) is 51.7 Å². The summed E-state index contributed by atoms with van der Waals surface area (Å²) in [5.74, 6) is -0.154. The number of aryl methyl sites for hydroxylation is 1. The van der Waals surface area contributed by atoms with Gasteiger partial charge in [0.2, 0.25) is 0 Å². The summed E-state index contributed by atoms with van der Waals surface area (Å²) in [7, 11) is 0. The Labute approximate surface area is 123 Å². The Morgan fingerprint density at radius 3 is 3.30 bits per heavy atom. The van der Waals surface area contributed by atoms with Crippen molar-refractivity contribution in [2.45, 2.75) is 39.2 Å². The van der Waals surface area contributed by atoms with E-state index in [1.54, 1.807) is 11.3 Å². The molecule has 0 radical (unpaired) electrons. The van der Waals surface area contributed by atoms with E-state index in [4.69, 9.17) is 9.47 Å². The maximum atomic E-state index is 11.3. The summed E-state index contributed by atoms with van der Waals surface area (Å²) in [6.45, 7) is 7.03. The van der Waals surface area contributed by atoms with Crippen LogP contribution in [0.1, 0.15) is 32.4 Å². The Hall–Kier alpha value is -1.14. The van der Waals surface area contributed by atoms with Crippen molar-refractivity contribution in [2.75, 3.05) is 31.2 Å². The molecule has 0 saturated carbocycles. The number of esters is 1. The van der Waals surface area contributed by atoms with Gasteiger partial charge in [0, 0.05) is 31.5 Å². The molecule has 1 atom stereocenters. The number of ether oxygens (including phenoxy) is 2. The third-order valence-electron chi connectivity index (χ3n) is 3.15. The summed E-state index contributed by atoms with van der Waals surface area (Å²) in [6.07, 6.45) is 2.32. The van der Waals surface area contributed by atoms with Crippen LogP contribution in [-0.4, -0.2) is 43.4 Å². The van der Waals surface area contributed by atoms with Crippen LogP contribution in [0.15, 0.2) is 5.38 Å². The number of nitrogens with zero attached hydrogens (tertiary/aromatic N) is 2. The largest absolute Gasteiger partial charge is 0.466 e. The highest BCUT2D eigenvalue weighted by atomic mass is 32.1. The fourth-order valence-corrected chi connectivity index (χ4v) is 3.08. The van der Waals surface area contributed by atoms with Crippen molar-refractivity contribution in [3.05, 3.63) is 11.1 Å². The van der Waals surface area contributed by atoms with Gasteiger partial charge in [0.25, 0.3) is 0 Å². The van der Waals surface area contributed by atoms with Gasteiger partial charge in [0.1, 0.15) is 0 Å². The molecule has 5 nitrogen and oxygen atoms in total. The van der Waals surface area contributed by atoms with Gasteiger partial charge in [-0.1, -0.05) is 0 Å². The maximum absolute atomic E-state index is 11.3. The zero-order valence-electron chi connectivity index (χ0n) is 12.1. The predicted molar refractivity (Wildman–Crippen MR) is 79.3 cm³/mol. The molecule has 6 heteroatoms. The number of carbonyl (C=O) groups excluding carboxylic acids is 1. The van der Waals surface area contributed by atoms with Crippen molar-refractivity contribution in [1.82, 2.24) is 4.98 Å². The van der Waals surface area contributed by atoms with E-state index >= 15 is 0 Å². The van der Waals surface area contributed by atoms with E-state index in [9.17, 15) is 4.79 Å². The van der Waals surface area contributed by atoms with Gasteiger partial charge in [-0.25, -0.2) is 4.98 Å². The third-order valence-corrected chi connectivity index (χ3v) is 4.10. The lowest BCUT2D eigenvalue weighted by Gasteiger charge is -2.20. The van der Waals surface area contributed by atoms with E-state index in [0.717, 1.165) is 36.9 Å². The first-order chi connectivity index (χ1) is 9.69. The summed E-state index contributed by atoms with van der Waals surface area (Å²) in [4.78, 5) is 18.2. The highest BCUT2D eigenvalue weighted by molar-refractivity contribution is 7.13. The Bertz CT molecular complexity index is 436. The number of rotatable bonds is 5. The summed E-state index contributed by atoms with van der Waals surface area (Å²) < 4.78 is 10.6. The molecule has 1 aliphatic heterocycles. The van der Waals surface area contributed by atoms with Gasteiger partial charge >= 0.3 is 5.97 Å². The van der Waals surface area contributed by atoms with E-state index in [1.165, 1.54) is 0 Å². The molecule has 1 saturated heterocycles. The molecule has 0 spiro atoms. The molecule has 0 N–H and O–H groups in total. The van der Waals surface area contributed by atoms with Crippen molar-refractivity contribution in [2.24, 2.45) is 0 Å². The molecule has 2 heterocycles. The standard InChI is InChI=1S/C14H22N2O3S/c1-3-18-13(17)6-5-12-10-20-14(15-12)16-7-4-8-19-11(2)9-16/h10-11H,3-9H2,1-2H3. The van der Waals surface area contributed by atoms with Crippen LogP contribution in [0.25, 0.3) is 0 Å². The first-order valence-corrected chi connectivity index (χ1v) is 8.03. The van der Waals surface area contributed by atoms with Crippen molar-refractivity contribution in [3.8, 4) is 0 Å². The first-order valence-electron chi connectivity index (χ1n) is 7.15. The minimum atomic E-state index is -0.154. The molecule has 112 valence electrons. The SMILES string of the molecule is CCOC(=O)CCc1csc(N2CCCOC(C)C2)n1. The van der Waals surface area contributed by atoms with Gasteiger partial charge in [0.15, 0.2) is 5.13 Å². The van der Waals surface area contributed by atoms with E-state index in [0.29, 0.717) is 19.4 Å². The molecule has 1 aromatic heterocycles. The van der Waals surface area contributed by atoms with E-state index < -0.39 is 0 Å². The lowest BCUT2D eigenvalue weighted by Crippen LogP contribution is -2.29. The van der Waals surface area contributed by atoms with Crippen molar-refractivity contribution >= 4 is 22.4 Å². The molecule has 20 heavy (non-hydrogen) atoms. The van der Waals surface area contributed by atoms with Gasteiger partial charge in [-0.05, 0) is 20.3 Å². The lowest BCUT2D eigenvalue weighted by molar-refractivity contribution is -0.143. The number of hydrogen-bond donors (Lipinski definition) is 0. The Kier molecular flexibility index (Phi) is 5.79. The van der Waals surface area contributed by atoms with Crippen molar-refractivity contribution < 1.29 is 14.3 Å². The smallest absolute Gasteiger partial charge is 0.306 e. The minimum absolute atomic E-state index is 0.154. The van der Waals surface area contributed by atoms with Crippen LogP contribution in [-0.2, 0) is 20.7 Å². The van der Waals surface area contributed by atoms with Crippen LogP contribution in [0.3, 0.4) is 0 Å². The number of anilines is 1. The quantitative estimate of drug-likeness (QED) is 0.780. The van der Waals surface area contributed by atoms with Gasteiger partial charge in [-0.15, -0.1) is 11.3 Å². The zero-order chi connectivity index (χ0) is 14.4. The van der Waals surface area contributed by atoms with Crippen LogP contribution in [0.4, 0.5) is 5.13 Å². The molecule has 0 aliphatic carbocycles. The van der Waals surface area contributed by atoms with Gasteiger partial charge in [-0.3, -0.25) is 4.79 Å². The molecular formula is C14H22N2O3S. The maximum Gasteiger partial charge on any atom is 0.306 e. The van der Waals surface area contributed by atoms with Crippen LogP contribution >= 0.6 is 11.3 Å². The van der Waals surface area contributed by atoms with Crippen molar-refractivity contribution in [1.29, 1.82) is 0 Å². The number of thiazole rings is 1. The van der Waals surface area contributed by atoms with Gasteiger partial charge < -0.3 is 14.4 Å². The fraction of sp³-hybridized carbons (Fsp3) is 0.714. The molecular weight excluding hydrogens is 276 g/mol. The minimum Gasteiger partial charge on any atom is -0.466 e. The number of hydrogen-bond acceptors (Lipinski definition) is 6. The first kappa shape index (κ1) is 15.3. The van der Waals surface area contributed by atoms with E-state index in [2.05, 4.69) is 16.8 Å². The zero-order valence-corrected chi connectivity index (χ0v) is 12.9. The van der Waals surface area contributed by atoms with Crippen molar-refractivity contribution in [3.63, 3.8) is 0 Å². The monoisotopic (exact) mass is 298 g/mol. The van der Waals surface area contributed by atoms with Crippen LogP contribution in [0.2, 0.25) is 0 Å². The normalized spacial score (nSPS) is 19.7. The van der Waals surface area contributed by atoms with Crippen LogP contribution in [0, 0.1) is 0 Å². The molecule has 1 unspecified atom stereocenters. The highest BCUT2D eigenvalue weighted by Gasteiger charge is 2.18. The summed E-state index contributed by atoms with van der Waals surface area (Å²) >= 11 is 1.64. The molecule has 0 aromatic carbocycles. The molecule has 0 amide bonds. The van der Waals surface area contributed by atoms with Crippen LogP contribution < -0.4 is 4.90 Å². The predicted octanol–water partition coefficient (Wildman–Crippen LogP) is 2.25. The van der Waals surface area contributed by atoms with Gasteiger partial charge in [-0.2, -0.15) is 0 Å². The second-order valence-electron chi connectivity index (χ2n) is 4.91. The second-order valence-corrected chi connectivity index (χ2v) is 5.74. The Morgan fingerprint density at radius 2 is 2.50 bits per heavy atom.